The number of nitrogens with zero attached hydrogens (tertiary/aromatic N) is 3. The molecule has 7 nitrogen and oxygen atoms in total. The van der Waals surface area contributed by atoms with Crippen LogP contribution >= 0.6 is 11.6 Å². The van der Waals surface area contributed by atoms with Crippen LogP contribution in [0.2, 0.25) is 5.15 Å². The Hall–Kier alpha value is -1.90. The first-order valence-corrected chi connectivity index (χ1v) is 9.35. The third-order valence-corrected chi connectivity index (χ3v) is 6.39. The van der Waals surface area contributed by atoms with Crippen LogP contribution in [-0.4, -0.2) is 54.7 Å². The highest BCUT2D eigenvalue weighted by Gasteiger charge is 2.28. The second kappa shape index (κ2) is 6.54. The summed E-state index contributed by atoms with van der Waals surface area (Å²) in [5, 5.41) is 8.97. The summed E-state index contributed by atoms with van der Waals surface area (Å²) in [4.78, 5) is 5.90. The largest absolute Gasteiger partial charge is 0.370 e. The van der Waals surface area contributed by atoms with E-state index in [1.807, 2.05) is 0 Å². The van der Waals surface area contributed by atoms with Gasteiger partial charge in [0.1, 0.15) is 5.15 Å². The summed E-state index contributed by atoms with van der Waals surface area (Å²) in [6, 6.07) is 6.67. The minimum Gasteiger partial charge on any atom is -0.370 e. The molecular formula is C15H18ClN5O2S. The Morgan fingerprint density at radius 3 is 2.71 bits per heavy atom. The Morgan fingerprint density at radius 2 is 1.96 bits per heavy atom. The summed E-state index contributed by atoms with van der Waals surface area (Å²) in [5.41, 5.74) is 5.51. The standard InChI is InChI=1S/C15H18ClN5O2S/c16-14-12-3-1-4-13(11(12)5-6-19-14)24(22,23)21-8-2-7-20(9-10-21)15(17)18/h1,3-6H,2,7-10H2,(H3,17,18). The number of nitrogens with two attached hydrogens (primary N) is 1. The van der Waals surface area contributed by atoms with Gasteiger partial charge in [0, 0.05) is 43.1 Å². The van der Waals surface area contributed by atoms with Gasteiger partial charge in [0.15, 0.2) is 5.96 Å². The molecular weight excluding hydrogens is 350 g/mol. The Balaban J connectivity index is 2.00. The molecule has 2 heterocycles. The molecule has 0 unspecified atom stereocenters. The van der Waals surface area contributed by atoms with Crippen LogP contribution in [0.5, 0.6) is 0 Å². The van der Waals surface area contributed by atoms with Gasteiger partial charge >= 0.3 is 0 Å². The number of hydrogen-bond acceptors (Lipinski definition) is 4. The first kappa shape index (κ1) is 16.9. The van der Waals surface area contributed by atoms with Gasteiger partial charge in [0.25, 0.3) is 0 Å². The molecule has 1 aliphatic rings. The zero-order chi connectivity index (χ0) is 17.3. The number of hydrogen-bond donors (Lipinski definition) is 2. The molecule has 0 aliphatic carbocycles. The fourth-order valence-electron chi connectivity index (χ4n) is 2.88. The van der Waals surface area contributed by atoms with E-state index >= 15 is 0 Å². The number of fused-ring (bicyclic) bond motifs is 1. The van der Waals surface area contributed by atoms with Crippen molar-refractivity contribution in [3.8, 4) is 0 Å². The van der Waals surface area contributed by atoms with Crippen molar-refractivity contribution < 1.29 is 8.42 Å². The number of pyridine rings is 1. The lowest BCUT2D eigenvalue weighted by Crippen LogP contribution is -2.40. The Morgan fingerprint density at radius 1 is 1.17 bits per heavy atom. The molecule has 3 rings (SSSR count). The molecule has 24 heavy (non-hydrogen) atoms. The monoisotopic (exact) mass is 367 g/mol. The van der Waals surface area contributed by atoms with Gasteiger partial charge < -0.3 is 10.6 Å². The molecule has 9 heteroatoms. The summed E-state index contributed by atoms with van der Waals surface area (Å²) in [5.74, 6) is -0.0303. The van der Waals surface area contributed by atoms with Crippen molar-refractivity contribution in [2.24, 2.45) is 5.73 Å². The Bertz CT molecular complexity index is 887. The number of rotatable bonds is 2. The first-order chi connectivity index (χ1) is 11.4. The van der Waals surface area contributed by atoms with E-state index in [9.17, 15) is 8.42 Å². The van der Waals surface area contributed by atoms with Gasteiger partial charge in [-0.05, 0) is 18.6 Å². The van der Waals surface area contributed by atoms with E-state index in [0.29, 0.717) is 36.8 Å². The minimum absolute atomic E-state index is 0.0303. The predicted molar refractivity (Wildman–Crippen MR) is 93.6 cm³/mol. The van der Waals surface area contributed by atoms with Gasteiger partial charge in [-0.3, -0.25) is 5.41 Å². The second-order valence-electron chi connectivity index (χ2n) is 5.58. The zero-order valence-electron chi connectivity index (χ0n) is 12.9. The van der Waals surface area contributed by atoms with Gasteiger partial charge in [-0.2, -0.15) is 4.31 Å². The summed E-state index contributed by atoms with van der Waals surface area (Å²) < 4.78 is 27.6. The van der Waals surface area contributed by atoms with Crippen LogP contribution in [0.1, 0.15) is 6.42 Å². The fraction of sp³-hybridized carbons (Fsp3) is 0.333. The van der Waals surface area contributed by atoms with E-state index in [1.165, 1.54) is 10.5 Å². The normalized spacial score (nSPS) is 17.0. The van der Waals surface area contributed by atoms with Crippen molar-refractivity contribution in [1.82, 2.24) is 14.2 Å². The highest BCUT2D eigenvalue weighted by atomic mass is 35.5. The molecule has 128 valence electrons. The highest BCUT2D eigenvalue weighted by molar-refractivity contribution is 7.89. The number of sulfonamides is 1. The van der Waals surface area contributed by atoms with E-state index in [2.05, 4.69) is 4.98 Å². The van der Waals surface area contributed by atoms with Gasteiger partial charge in [-0.25, -0.2) is 13.4 Å². The summed E-state index contributed by atoms with van der Waals surface area (Å²) in [6.07, 6.45) is 2.12. The molecule has 0 atom stereocenters. The lowest BCUT2D eigenvalue weighted by atomic mass is 10.2. The molecule has 1 aromatic carbocycles. The van der Waals surface area contributed by atoms with Crippen LogP contribution < -0.4 is 5.73 Å². The van der Waals surface area contributed by atoms with Crippen molar-refractivity contribution in [3.05, 3.63) is 35.6 Å². The molecule has 0 spiro atoms. The molecule has 0 bridgehead atoms. The van der Waals surface area contributed by atoms with Crippen LogP contribution in [0.4, 0.5) is 0 Å². The Kier molecular flexibility index (Phi) is 4.62. The molecule has 0 radical (unpaired) electrons. The molecule has 0 amide bonds. The van der Waals surface area contributed by atoms with E-state index in [-0.39, 0.29) is 22.6 Å². The quantitative estimate of drug-likeness (QED) is 0.475. The lowest BCUT2D eigenvalue weighted by molar-refractivity contribution is 0.404. The molecule has 2 aromatic rings. The van der Waals surface area contributed by atoms with E-state index < -0.39 is 10.0 Å². The number of benzene rings is 1. The zero-order valence-corrected chi connectivity index (χ0v) is 14.5. The van der Waals surface area contributed by atoms with Crippen LogP contribution in [0.25, 0.3) is 10.8 Å². The lowest BCUT2D eigenvalue weighted by Gasteiger charge is -2.22. The Labute approximate surface area is 145 Å². The smallest absolute Gasteiger partial charge is 0.243 e. The average molecular weight is 368 g/mol. The fourth-order valence-corrected chi connectivity index (χ4v) is 4.78. The number of halogens is 1. The predicted octanol–water partition coefficient (Wildman–Crippen LogP) is 1.48. The van der Waals surface area contributed by atoms with Gasteiger partial charge in [-0.15, -0.1) is 0 Å². The number of nitrogens with one attached hydrogen (secondary N) is 1. The van der Waals surface area contributed by atoms with E-state index in [4.69, 9.17) is 22.7 Å². The van der Waals surface area contributed by atoms with Crippen molar-refractivity contribution in [1.29, 1.82) is 5.41 Å². The summed E-state index contributed by atoms with van der Waals surface area (Å²) >= 11 is 6.08. The maximum atomic E-state index is 13.1. The maximum Gasteiger partial charge on any atom is 0.243 e. The van der Waals surface area contributed by atoms with E-state index in [1.54, 1.807) is 29.2 Å². The highest BCUT2D eigenvalue weighted by Crippen LogP contribution is 2.29. The molecule has 1 aromatic heterocycles. The average Bonchev–Trinajstić information content (AvgIpc) is 2.81. The van der Waals surface area contributed by atoms with Gasteiger partial charge in [0.05, 0.1) is 4.90 Å². The minimum atomic E-state index is -3.67. The topological polar surface area (TPSA) is 103 Å². The maximum absolute atomic E-state index is 13.1. The number of guanidine groups is 1. The molecule has 1 fully saturated rings. The van der Waals surface area contributed by atoms with E-state index in [0.717, 1.165) is 0 Å². The van der Waals surface area contributed by atoms with Crippen LogP contribution in [-0.2, 0) is 10.0 Å². The molecule has 0 saturated carbocycles. The van der Waals surface area contributed by atoms with Crippen LogP contribution in [0, 0.1) is 5.41 Å². The van der Waals surface area contributed by atoms with Crippen molar-refractivity contribution in [2.45, 2.75) is 11.3 Å². The van der Waals surface area contributed by atoms with Gasteiger partial charge in [-0.1, -0.05) is 23.7 Å². The van der Waals surface area contributed by atoms with Gasteiger partial charge in [0.2, 0.25) is 10.0 Å². The van der Waals surface area contributed by atoms with Crippen LogP contribution in [0.3, 0.4) is 0 Å². The number of aromatic nitrogens is 1. The van der Waals surface area contributed by atoms with Crippen molar-refractivity contribution in [3.63, 3.8) is 0 Å². The third kappa shape index (κ3) is 3.04. The molecule has 1 saturated heterocycles. The van der Waals surface area contributed by atoms with Crippen LogP contribution in [0.15, 0.2) is 35.4 Å². The summed E-state index contributed by atoms with van der Waals surface area (Å²) in [7, 11) is -3.67. The molecule has 1 aliphatic heterocycles. The SMILES string of the molecule is N=C(N)N1CCCN(S(=O)(=O)c2cccc3c(Cl)nccc23)CC1. The third-order valence-electron chi connectivity index (χ3n) is 4.13. The molecule has 3 N–H and O–H groups in total. The van der Waals surface area contributed by atoms with Crippen molar-refractivity contribution >= 4 is 38.4 Å². The van der Waals surface area contributed by atoms with Crippen molar-refractivity contribution in [2.75, 3.05) is 26.2 Å². The first-order valence-electron chi connectivity index (χ1n) is 7.53. The summed E-state index contributed by atoms with van der Waals surface area (Å²) in [6.45, 7) is 1.66. The second-order valence-corrected chi connectivity index (χ2v) is 7.85.